The average Bonchev–Trinajstić information content (AvgIpc) is 2.28. The summed E-state index contributed by atoms with van der Waals surface area (Å²) in [5.74, 6) is -0.336. The van der Waals surface area contributed by atoms with Crippen LogP contribution in [0.3, 0.4) is 0 Å². The molecule has 0 aliphatic heterocycles. The first-order chi connectivity index (χ1) is 7.65. The fourth-order valence-electron chi connectivity index (χ4n) is 1.32. The zero-order valence-corrected chi connectivity index (χ0v) is 10.6. The highest BCUT2D eigenvalue weighted by atomic mass is 16.5. The van der Waals surface area contributed by atoms with Gasteiger partial charge in [-0.25, -0.2) is 0 Å². The van der Waals surface area contributed by atoms with Crippen LogP contribution in [0.2, 0.25) is 0 Å². The molecule has 0 aromatic heterocycles. The second kappa shape index (κ2) is 9.57. The van der Waals surface area contributed by atoms with Crippen molar-refractivity contribution in [1.82, 2.24) is 4.90 Å². The molecule has 0 amide bonds. The first-order valence-corrected chi connectivity index (χ1v) is 5.87. The predicted octanol–water partition coefficient (Wildman–Crippen LogP) is 0.235. The fraction of sp³-hybridized carbons (Fsp3) is 0.909. The molecule has 5 heteroatoms. The molecule has 0 heterocycles. The van der Waals surface area contributed by atoms with Gasteiger partial charge < -0.3 is 15.2 Å². The second-order valence-electron chi connectivity index (χ2n) is 3.45. The topological polar surface area (TPSA) is 64.8 Å². The summed E-state index contributed by atoms with van der Waals surface area (Å²) in [5, 5.41) is 0. The summed E-state index contributed by atoms with van der Waals surface area (Å²) in [6.07, 6.45) is 0. The summed E-state index contributed by atoms with van der Waals surface area (Å²) < 4.78 is 10.1. The van der Waals surface area contributed by atoms with Crippen LogP contribution in [0.25, 0.3) is 0 Å². The molecule has 16 heavy (non-hydrogen) atoms. The van der Waals surface area contributed by atoms with E-state index in [0.29, 0.717) is 26.4 Å². The maximum absolute atomic E-state index is 11.3. The SMILES string of the molecule is CCOCCN(CC)CC(N)C(=O)OCC. The molecule has 0 spiro atoms. The first kappa shape index (κ1) is 15.3. The summed E-state index contributed by atoms with van der Waals surface area (Å²) in [4.78, 5) is 13.4. The van der Waals surface area contributed by atoms with Gasteiger partial charge in [-0.1, -0.05) is 6.92 Å². The van der Waals surface area contributed by atoms with Crippen LogP contribution >= 0.6 is 0 Å². The van der Waals surface area contributed by atoms with Gasteiger partial charge in [0, 0.05) is 19.7 Å². The number of nitrogens with zero attached hydrogens (tertiary/aromatic N) is 1. The maximum atomic E-state index is 11.3. The van der Waals surface area contributed by atoms with Gasteiger partial charge in [-0.3, -0.25) is 9.69 Å². The third-order valence-electron chi connectivity index (χ3n) is 2.25. The number of nitrogens with two attached hydrogens (primary N) is 1. The Morgan fingerprint density at radius 1 is 1.31 bits per heavy atom. The van der Waals surface area contributed by atoms with Crippen LogP contribution in [0, 0.1) is 0 Å². The van der Waals surface area contributed by atoms with Crippen LogP contribution in [0.15, 0.2) is 0 Å². The van der Waals surface area contributed by atoms with Crippen molar-refractivity contribution in [1.29, 1.82) is 0 Å². The van der Waals surface area contributed by atoms with Gasteiger partial charge in [-0.05, 0) is 20.4 Å². The van der Waals surface area contributed by atoms with Crippen LogP contribution in [-0.2, 0) is 14.3 Å². The van der Waals surface area contributed by atoms with Crippen molar-refractivity contribution in [2.45, 2.75) is 26.8 Å². The molecule has 0 bridgehead atoms. The number of ether oxygens (including phenoxy) is 2. The highest BCUT2D eigenvalue weighted by Gasteiger charge is 2.17. The Morgan fingerprint density at radius 3 is 2.50 bits per heavy atom. The van der Waals surface area contributed by atoms with Gasteiger partial charge in [0.15, 0.2) is 0 Å². The van der Waals surface area contributed by atoms with Crippen LogP contribution in [0.4, 0.5) is 0 Å². The first-order valence-electron chi connectivity index (χ1n) is 5.87. The van der Waals surface area contributed by atoms with Crippen molar-refractivity contribution in [3.8, 4) is 0 Å². The molecule has 0 fully saturated rings. The Bertz CT molecular complexity index is 188. The lowest BCUT2D eigenvalue weighted by Gasteiger charge is -2.22. The Morgan fingerprint density at radius 2 is 2.00 bits per heavy atom. The minimum absolute atomic E-state index is 0.336. The molecule has 1 atom stereocenters. The van der Waals surface area contributed by atoms with Crippen LogP contribution in [0.1, 0.15) is 20.8 Å². The standard InChI is InChI=1S/C11H24N2O3/c1-4-13(7-8-15-5-2)9-10(12)11(14)16-6-3/h10H,4-9,12H2,1-3H3. The van der Waals surface area contributed by atoms with Gasteiger partial charge in [0.2, 0.25) is 0 Å². The summed E-state index contributed by atoms with van der Waals surface area (Å²) in [7, 11) is 0. The van der Waals surface area contributed by atoms with E-state index in [0.717, 1.165) is 13.1 Å². The molecule has 5 nitrogen and oxygen atoms in total. The van der Waals surface area contributed by atoms with E-state index in [1.165, 1.54) is 0 Å². The van der Waals surface area contributed by atoms with Gasteiger partial charge in [0.1, 0.15) is 6.04 Å². The smallest absolute Gasteiger partial charge is 0.324 e. The minimum atomic E-state index is -0.568. The Labute approximate surface area is 97.9 Å². The van der Waals surface area contributed by atoms with Gasteiger partial charge in [-0.15, -0.1) is 0 Å². The Hall–Kier alpha value is -0.650. The van der Waals surface area contributed by atoms with Gasteiger partial charge in [0.25, 0.3) is 0 Å². The molecule has 2 N–H and O–H groups in total. The minimum Gasteiger partial charge on any atom is -0.465 e. The molecule has 0 aliphatic rings. The number of carbonyl (C=O) groups excluding carboxylic acids is 1. The molecule has 0 aliphatic carbocycles. The lowest BCUT2D eigenvalue weighted by atomic mass is 10.3. The molecular formula is C11H24N2O3. The Balaban J connectivity index is 3.86. The summed E-state index contributed by atoms with van der Waals surface area (Å²) in [6, 6.07) is -0.568. The zero-order chi connectivity index (χ0) is 12.4. The zero-order valence-electron chi connectivity index (χ0n) is 10.6. The van der Waals surface area contributed by atoms with E-state index in [9.17, 15) is 4.79 Å². The van der Waals surface area contributed by atoms with Crippen molar-refractivity contribution in [3.63, 3.8) is 0 Å². The summed E-state index contributed by atoms with van der Waals surface area (Å²) in [6.45, 7) is 9.67. The normalized spacial score (nSPS) is 12.8. The maximum Gasteiger partial charge on any atom is 0.324 e. The number of rotatable bonds is 9. The van der Waals surface area contributed by atoms with Gasteiger partial charge in [0.05, 0.1) is 13.2 Å². The van der Waals surface area contributed by atoms with E-state index < -0.39 is 6.04 Å². The molecule has 0 saturated carbocycles. The monoisotopic (exact) mass is 232 g/mol. The van der Waals surface area contributed by atoms with E-state index in [2.05, 4.69) is 4.90 Å². The molecule has 0 rings (SSSR count). The highest BCUT2D eigenvalue weighted by Crippen LogP contribution is 1.94. The van der Waals surface area contributed by atoms with Crippen LogP contribution in [-0.4, -0.2) is 56.4 Å². The molecule has 0 radical (unpaired) electrons. The number of esters is 1. The van der Waals surface area contributed by atoms with E-state index in [-0.39, 0.29) is 5.97 Å². The Kier molecular flexibility index (Phi) is 9.18. The molecule has 0 aromatic carbocycles. The average molecular weight is 232 g/mol. The number of carbonyl (C=O) groups is 1. The molecule has 0 saturated heterocycles. The van der Waals surface area contributed by atoms with E-state index in [1.54, 1.807) is 6.92 Å². The summed E-state index contributed by atoms with van der Waals surface area (Å²) in [5.41, 5.74) is 5.73. The fourth-order valence-corrected chi connectivity index (χ4v) is 1.32. The van der Waals surface area contributed by atoms with Crippen molar-refractivity contribution in [3.05, 3.63) is 0 Å². The van der Waals surface area contributed by atoms with Crippen molar-refractivity contribution >= 4 is 5.97 Å². The van der Waals surface area contributed by atoms with Crippen molar-refractivity contribution in [2.24, 2.45) is 5.73 Å². The predicted molar refractivity (Wildman–Crippen MR) is 63.2 cm³/mol. The van der Waals surface area contributed by atoms with E-state index in [1.807, 2.05) is 13.8 Å². The largest absolute Gasteiger partial charge is 0.465 e. The van der Waals surface area contributed by atoms with Crippen molar-refractivity contribution < 1.29 is 14.3 Å². The van der Waals surface area contributed by atoms with Crippen molar-refractivity contribution in [2.75, 3.05) is 39.5 Å². The van der Waals surface area contributed by atoms with Gasteiger partial charge in [-0.2, -0.15) is 0 Å². The highest BCUT2D eigenvalue weighted by molar-refractivity contribution is 5.75. The van der Waals surface area contributed by atoms with Crippen LogP contribution in [0.5, 0.6) is 0 Å². The quantitative estimate of drug-likeness (QED) is 0.455. The lowest BCUT2D eigenvalue weighted by molar-refractivity contribution is -0.145. The molecule has 1 unspecified atom stereocenters. The second-order valence-corrected chi connectivity index (χ2v) is 3.45. The lowest BCUT2D eigenvalue weighted by Crippen LogP contribution is -2.44. The van der Waals surface area contributed by atoms with Crippen LogP contribution < -0.4 is 5.73 Å². The number of likely N-dealkylation sites (N-methyl/N-ethyl adjacent to an activating group) is 1. The molecule has 0 aromatic rings. The van der Waals surface area contributed by atoms with Gasteiger partial charge >= 0.3 is 5.97 Å². The van der Waals surface area contributed by atoms with E-state index in [4.69, 9.17) is 15.2 Å². The molecule has 96 valence electrons. The molecular weight excluding hydrogens is 208 g/mol. The van der Waals surface area contributed by atoms with E-state index >= 15 is 0 Å². The number of hydrogen-bond acceptors (Lipinski definition) is 5. The third kappa shape index (κ3) is 6.76. The summed E-state index contributed by atoms with van der Waals surface area (Å²) >= 11 is 0. The number of hydrogen-bond donors (Lipinski definition) is 1. The third-order valence-corrected chi connectivity index (χ3v) is 2.25.